The van der Waals surface area contributed by atoms with Gasteiger partial charge < -0.3 is 15.8 Å². The number of nitrogens with zero attached hydrogens (tertiary/aromatic N) is 4. The largest absolute Gasteiger partial charge is 0.409 e. The topological polar surface area (TPSA) is 137 Å². The summed E-state index contributed by atoms with van der Waals surface area (Å²) in [5.41, 5.74) is 0.572. The molecule has 142 valence electrons. The molecule has 1 atom stereocenters. The number of oxime groups is 1. The van der Waals surface area contributed by atoms with Gasteiger partial charge in [-0.1, -0.05) is 5.16 Å². The second-order valence-corrected chi connectivity index (χ2v) is 8.08. The van der Waals surface area contributed by atoms with Gasteiger partial charge in [0.25, 0.3) is 0 Å². The normalized spacial score (nSPS) is 13.9. The lowest BCUT2D eigenvalue weighted by Crippen LogP contribution is -2.28. The summed E-state index contributed by atoms with van der Waals surface area (Å²) in [4.78, 5) is 0. The van der Waals surface area contributed by atoms with Gasteiger partial charge >= 0.3 is 0 Å². The zero-order valence-electron chi connectivity index (χ0n) is 13.9. The molecule has 0 amide bonds. The molecule has 1 aromatic carbocycles. The maximum absolute atomic E-state index is 13.3. The Morgan fingerprint density at radius 2 is 2.19 bits per heavy atom. The van der Waals surface area contributed by atoms with E-state index >= 15 is 0 Å². The van der Waals surface area contributed by atoms with Crippen LogP contribution in [0.1, 0.15) is 5.69 Å². The summed E-state index contributed by atoms with van der Waals surface area (Å²) < 4.78 is 36.5. The van der Waals surface area contributed by atoms with E-state index in [0.717, 1.165) is 0 Å². The summed E-state index contributed by atoms with van der Waals surface area (Å²) in [5.74, 6) is -0.269. The Morgan fingerprint density at radius 3 is 2.85 bits per heavy atom. The van der Waals surface area contributed by atoms with E-state index in [9.17, 15) is 13.8 Å². The highest BCUT2D eigenvalue weighted by atomic mass is 79.9. The van der Waals surface area contributed by atoms with Crippen LogP contribution in [0.2, 0.25) is 0 Å². The number of amidine groups is 1. The van der Waals surface area contributed by atoms with Crippen molar-refractivity contribution >= 4 is 43.2 Å². The molecule has 13 heteroatoms. The van der Waals surface area contributed by atoms with Gasteiger partial charge in [0.05, 0.1) is 4.47 Å². The first-order chi connectivity index (χ1) is 12.4. The van der Waals surface area contributed by atoms with Crippen LogP contribution in [-0.2, 0) is 9.92 Å². The van der Waals surface area contributed by atoms with Crippen molar-refractivity contribution in [3.8, 4) is 0 Å². The van der Waals surface area contributed by atoms with Crippen LogP contribution in [-0.4, -0.2) is 52.0 Å². The number of halogens is 2. The van der Waals surface area contributed by atoms with E-state index in [4.69, 9.17) is 0 Å². The Hall–Kier alpha value is -2.25. The van der Waals surface area contributed by atoms with Crippen molar-refractivity contribution in [3.63, 3.8) is 0 Å². The van der Waals surface area contributed by atoms with Gasteiger partial charge in [-0.25, -0.2) is 22.3 Å². The predicted octanol–water partition coefficient (Wildman–Crippen LogP) is 1.86. The van der Waals surface area contributed by atoms with E-state index in [0.29, 0.717) is 18.8 Å². The molecule has 0 spiro atoms. The summed E-state index contributed by atoms with van der Waals surface area (Å²) >= 11 is 3.07. The van der Waals surface area contributed by atoms with Crippen molar-refractivity contribution in [1.29, 1.82) is 0 Å². The van der Waals surface area contributed by atoms with E-state index in [1.165, 1.54) is 31.5 Å². The first-order valence-corrected chi connectivity index (χ1v) is 9.93. The van der Waals surface area contributed by atoms with Crippen LogP contribution in [0.3, 0.4) is 0 Å². The molecule has 0 saturated heterocycles. The fraction of sp³-hybridized carbons (Fsp3) is 0.308. The van der Waals surface area contributed by atoms with Gasteiger partial charge in [0.15, 0.2) is 5.69 Å². The fourth-order valence-electron chi connectivity index (χ4n) is 1.79. The molecule has 2 aromatic rings. The average Bonchev–Trinajstić information content (AvgIpc) is 3.08. The van der Waals surface area contributed by atoms with Gasteiger partial charge in [-0.15, -0.1) is 0 Å². The Bertz CT molecular complexity index is 911. The summed E-state index contributed by atoms with van der Waals surface area (Å²) in [7, 11) is -0.961. The summed E-state index contributed by atoms with van der Waals surface area (Å²) in [6.07, 6.45) is 1.48. The van der Waals surface area contributed by atoms with Crippen molar-refractivity contribution in [1.82, 2.24) is 15.0 Å². The van der Waals surface area contributed by atoms with Crippen molar-refractivity contribution in [2.24, 2.45) is 9.52 Å². The first kappa shape index (κ1) is 20.1. The van der Waals surface area contributed by atoms with Crippen LogP contribution in [0.15, 0.2) is 36.8 Å². The number of nitrogens with one attached hydrogen (secondary N) is 3. The maximum Gasteiger partial charge on any atom is 0.203 e. The lowest BCUT2D eigenvalue weighted by Gasteiger charge is -2.09. The zero-order chi connectivity index (χ0) is 19.2. The molecule has 26 heavy (non-hydrogen) atoms. The second kappa shape index (κ2) is 8.91. The SMILES string of the molecule is CN=S(C)(=O)NCCNc1nonc1/C(=N/O)Nc1ccc(F)c(Br)c1. The molecule has 0 bridgehead atoms. The van der Waals surface area contributed by atoms with Gasteiger partial charge in [-0.3, -0.25) is 0 Å². The molecule has 4 N–H and O–H groups in total. The smallest absolute Gasteiger partial charge is 0.203 e. The van der Waals surface area contributed by atoms with E-state index in [2.05, 4.69) is 55.7 Å². The number of hydrogen-bond acceptors (Lipinski definition) is 8. The van der Waals surface area contributed by atoms with Crippen LogP contribution < -0.4 is 15.4 Å². The van der Waals surface area contributed by atoms with E-state index in [1.54, 1.807) is 0 Å². The third-order valence-electron chi connectivity index (χ3n) is 3.13. The van der Waals surface area contributed by atoms with Crippen molar-refractivity contribution in [2.45, 2.75) is 0 Å². The van der Waals surface area contributed by atoms with Crippen LogP contribution in [0.5, 0.6) is 0 Å². The lowest BCUT2D eigenvalue weighted by molar-refractivity contribution is 0.305. The van der Waals surface area contributed by atoms with E-state index < -0.39 is 15.7 Å². The minimum Gasteiger partial charge on any atom is -0.409 e. The number of aromatic nitrogens is 2. The molecule has 0 aliphatic heterocycles. The number of hydrogen-bond donors (Lipinski definition) is 4. The average molecular weight is 450 g/mol. The van der Waals surface area contributed by atoms with Crippen LogP contribution >= 0.6 is 15.9 Å². The van der Waals surface area contributed by atoms with Crippen molar-refractivity contribution in [3.05, 3.63) is 34.2 Å². The molecule has 1 aromatic heterocycles. The monoisotopic (exact) mass is 449 g/mol. The highest BCUT2D eigenvalue weighted by molar-refractivity contribution is 9.10. The molecule has 0 radical (unpaired) electrons. The standard InChI is InChI=1S/C13H17BrFN7O3S/c1-16-26(2,24)18-6-5-17-12-11(21-25-22-12)13(20-23)19-8-3-4-10(15)9(14)7-8/h3-4,7,23H,5-6H2,1-2H3,(H,17,22)(H,19,20)(H,16,18,24). The summed E-state index contributed by atoms with van der Waals surface area (Å²) in [6.45, 7) is 0.672. The van der Waals surface area contributed by atoms with Crippen molar-refractivity contribution < 1.29 is 18.4 Å². The fourth-order valence-corrected chi connectivity index (χ4v) is 2.78. The van der Waals surface area contributed by atoms with Gasteiger partial charge in [0.2, 0.25) is 11.7 Å². The Labute approximate surface area is 157 Å². The molecular weight excluding hydrogens is 433 g/mol. The third kappa shape index (κ3) is 5.37. The molecule has 0 saturated carbocycles. The highest BCUT2D eigenvalue weighted by Crippen LogP contribution is 2.21. The molecular formula is C13H17BrFN7O3S. The number of anilines is 2. The third-order valence-corrected chi connectivity index (χ3v) is 5.18. The van der Waals surface area contributed by atoms with E-state index in [-0.39, 0.29) is 21.8 Å². The van der Waals surface area contributed by atoms with E-state index in [1.807, 2.05) is 0 Å². The molecule has 1 heterocycles. The lowest BCUT2D eigenvalue weighted by atomic mass is 10.3. The Kier molecular flexibility index (Phi) is 6.88. The van der Waals surface area contributed by atoms with Crippen LogP contribution in [0.4, 0.5) is 15.9 Å². The maximum atomic E-state index is 13.3. The second-order valence-electron chi connectivity index (χ2n) is 4.97. The van der Waals surface area contributed by atoms with Crippen LogP contribution in [0.25, 0.3) is 0 Å². The quantitative estimate of drug-likeness (QED) is 0.166. The van der Waals surface area contributed by atoms with Crippen molar-refractivity contribution in [2.75, 3.05) is 37.0 Å². The minimum absolute atomic E-state index is 0.0527. The van der Waals surface area contributed by atoms with Gasteiger partial charge in [-0.05, 0) is 44.4 Å². The highest BCUT2D eigenvalue weighted by Gasteiger charge is 2.18. The molecule has 0 fully saturated rings. The molecule has 10 nitrogen and oxygen atoms in total. The minimum atomic E-state index is -2.43. The van der Waals surface area contributed by atoms with Gasteiger partial charge in [0.1, 0.15) is 15.7 Å². The summed E-state index contributed by atoms with van der Waals surface area (Å²) in [5, 5.41) is 25.5. The molecule has 2 rings (SSSR count). The first-order valence-electron chi connectivity index (χ1n) is 7.22. The zero-order valence-corrected chi connectivity index (χ0v) is 16.3. The number of benzene rings is 1. The summed E-state index contributed by atoms with van der Waals surface area (Å²) in [6, 6.07) is 4.17. The molecule has 0 aliphatic carbocycles. The molecule has 0 aliphatic rings. The Morgan fingerprint density at radius 1 is 1.42 bits per heavy atom. The van der Waals surface area contributed by atoms with Gasteiger partial charge in [0, 0.05) is 32.1 Å². The van der Waals surface area contributed by atoms with Crippen LogP contribution in [0, 0.1) is 5.82 Å². The number of rotatable bonds is 7. The Balaban J connectivity index is 2.04. The molecule has 1 unspecified atom stereocenters. The predicted molar refractivity (Wildman–Crippen MR) is 99.3 cm³/mol. The van der Waals surface area contributed by atoms with Gasteiger partial charge in [-0.2, -0.15) is 0 Å².